The van der Waals surface area contributed by atoms with Crippen molar-refractivity contribution in [2.24, 2.45) is 10.7 Å². The predicted molar refractivity (Wildman–Crippen MR) is 102 cm³/mol. The monoisotopic (exact) mass is 340 g/mol. The molecule has 1 amide bonds. The van der Waals surface area contributed by atoms with E-state index in [1.807, 2.05) is 32.9 Å². The van der Waals surface area contributed by atoms with Crippen LogP contribution in [0.3, 0.4) is 0 Å². The Morgan fingerprint density at radius 1 is 1.40 bits per heavy atom. The normalized spacial score (nSPS) is 11.8. The Morgan fingerprint density at radius 3 is 2.68 bits per heavy atom. The van der Waals surface area contributed by atoms with Gasteiger partial charge in [-0.3, -0.25) is 14.9 Å². The maximum absolute atomic E-state index is 12.2. The van der Waals surface area contributed by atoms with Crippen molar-refractivity contribution in [3.8, 4) is 11.1 Å². The zero-order valence-electron chi connectivity index (χ0n) is 14.8. The molecular weight excluding hydrogens is 316 g/mol. The highest BCUT2D eigenvalue weighted by atomic mass is 16.2. The summed E-state index contributed by atoms with van der Waals surface area (Å²) in [6.45, 7) is 9.79. The Hall–Kier alpha value is -3.09. The minimum atomic E-state index is -0.366. The molecule has 0 atom stereocenters. The fraction of sp³-hybridized carbons (Fsp3) is 0.278. The molecule has 2 rings (SSSR count). The fourth-order valence-electron chi connectivity index (χ4n) is 2.69. The van der Waals surface area contributed by atoms with Crippen molar-refractivity contribution in [2.45, 2.75) is 27.2 Å². The Labute approximate surface area is 147 Å². The second kappa shape index (κ2) is 7.65. The molecule has 7 nitrogen and oxygen atoms in total. The first-order chi connectivity index (χ1) is 11.9. The molecule has 7 heteroatoms. The van der Waals surface area contributed by atoms with Gasteiger partial charge in [-0.2, -0.15) is 5.10 Å². The number of nitrogens with zero attached hydrogens (tertiary/aromatic N) is 2. The smallest absolute Gasteiger partial charge is 0.272 e. The summed E-state index contributed by atoms with van der Waals surface area (Å²) >= 11 is 0. The molecule has 25 heavy (non-hydrogen) atoms. The first-order valence-corrected chi connectivity index (χ1v) is 8.07. The number of amides is 1. The van der Waals surface area contributed by atoms with Crippen LogP contribution in [0.1, 0.15) is 30.3 Å². The van der Waals surface area contributed by atoms with Crippen LogP contribution in [-0.4, -0.2) is 29.4 Å². The van der Waals surface area contributed by atoms with Crippen molar-refractivity contribution in [2.75, 3.05) is 12.3 Å². The number of nitrogen functional groups attached to an aromatic ring is 1. The number of aryl methyl sites for hydroxylation is 2. The molecule has 1 aromatic heterocycles. The van der Waals surface area contributed by atoms with Crippen LogP contribution in [0.2, 0.25) is 0 Å². The third kappa shape index (κ3) is 3.55. The quantitative estimate of drug-likeness (QED) is 0.365. The van der Waals surface area contributed by atoms with E-state index in [2.05, 4.69) is 27.2 Å². The molecule has 2 aromatic rings. The maximum atomic E-state index is 12.2. The average Bonchev–Trinajstić information content (AvgIpc) is 2.92. The van der Waals surface area contributed by atoms with E-state index in [-0.39, 0.29) is 17.3 Å². The lowest BCUT2D eigenvalue weighted by Gasteiger charge is -2.14. The molecule has 0 spiro atoms. The van der Waals surface area contributed by atoms with E-state index >= 15 is 0 Å². The summed E-state index contributed by atoms with van der Waals surface area (Å²) in [5.41, 5.74) is 17.3. The fourth-order valence-corrected chi connectivity index (χ4v) is 2.69. The number of aromatic amines is 1. The number of nitrogens with one attached hydrogen (secondary N) is 2. The van der Waals surface area contributed by atoms with Crippen molar-refractivity contribution in [3.63, 3.8) is 0 Å². The van der Waals surface area contributed by atoms with Crippen LogP contribution in [0.15, 0.2) is 28.9 Å². The molecule has 6 N–H and O–H groups in total. The molecular formula is C18H24N6O. The molecule has 0 radical (unpaired) electrons. The van der Waals surface area contributed by atoms with E-state index in [1.54, 1.807) is 6.07 Å². The minimum Gasteiger partial charge on any atom is -0.398 e. The predicted octanol–water partition coefficient (Wildman–Crippen LogP) is 2.13. The van der Waals surface area contributed by atoms with Crippen molar-refractivity contribution in [1.29, 1.82) is 0 Å². The van der Waals surface area contributed by atoms with Gasteiger partial charge in [0.15, 0.2) is 5.70 Å². The first kappa shape index (κ1) is 18.3. The number of benzene rings is 1. The van der Waals surface area contributed by atoms with Gasteiger partial charge >= 0.3 is 0 Å². The molecule has 0 saturated heterocycles. The molecule has 0 aliphatic carbocycles. The van der Waals surface area contributed by atoms with E-state index in [9.17, 15) is 4.79 Å². The van der Waals surface area contributed by atoms with Crippen LogP contribution in [0, 0.1) is 13.8 Å². The van der Waals surface area contributed by atoms with Crippen molar-refractivity contribution in [1.82, 2.24) is 15.5 Å². The second-order valence-electron chi connectivity index (χ2n) is 5.75. The summed E-state index contributed by atoms with van der Waals surface area (Å²) in [6, 6.07) is 5.50. The number of anilines is 1. The molecule has 1 aromatic carbocycles. The summed E-state index contributed by atoms with van der Waals surface area (Å²) in [6.07, 6.45) is 0.812. The minimum absolute atomic E-state index is 0.0675. The van der Waals surface area contributed by atoms with Gasteiger partial charge in [-0.1, -0.05) is 25.1 Å². The van der Waals surface area contributed by atoms with Crippen LogP contribution in [0.4, 0.5) is 5.69 Å². The molecule has 0 saturated carbocycles. The third-order valence-corrected chi connectivity index (χ3v) is 3.96. The van der Waals surface area contributed by atoms with Gasteiger partial charge < -0.3 is 16.8 Å². The lowest BCUT2D eigenvalue weighted by Crippen LogP contribution is -2.26. The van der Waals surface area contributed by atoms with Gasteiger partial charge in [0, 0.05) is 34.6 Å². The molecule has 0 bridgehead atoms. The van der Waals surface area contributed by atoms with Gasteiger partial charge in [-0.25, -0.2) is 0 Å². The van der Waals surface area contributed by atoms with Gasteiger partial charge in [-0.05, 0) is 27.0 Å². The summed E-state index contributed by atoms with van der Waals surface area (Å²) in [7, 11) is 0. The van der Waals surface area contributed by atoms with Crippen molar-refractivity contribution >= 4 is 24.0 Å². The van der Waals surface area contributed by atoms with Gasteiger partial charge in [0.05, 0.1) is 11.4 Å². The first-order valence-electron chi connectivity index (χ1n) is 8.07. The van der Waals surface area contributed by atoms with E-state index < -0.39 is 0 Å². The largest absolute Gasteiger partial charge is 0.398 e. The van der Waals surface area contributed by atoms with Crippen LogP contribution in [0.25, 0.3) is 16.8 Å². The number of carbonyl (C=O) groups excluding carboxylic acids is 1. The van der Waals surface area contributed by atoms with E-state index in [4.69, 9.17) is 11.5 Å². The highest BCUT2D eigenvalue weighted by Crippen LogP contribution is 2.34. The number of H-pyrrole nitrogens is 1. The van der Waals surface area contributed by atoms with Crippen LogP contribution >= 0.6 is 0 Å². The van der Waals surface area contributed by atoms with Crippen LogP contribution in [-0.2, 0) is 4.79 Å². The van der Waals surface area contributed by atoms with Crippen LogP contribution < -0.4 is 16.8 Å². The number of aromatic nitrogens is 2. The highest BCUT2D eigenvalue weighted by molar-refractivity contribution is 6.02. The summed E-state index contributed by atoms with van der Waals surface area (Å²) < 4.78 is 0. The highest BCUT2D eigenvalue weighted by Gasteiger charge is 2.19. The molecule has 0 aliphatic rings. The number of hydrogen-bond acceptors (Lipinski definition) is 5. The number of hydrogen-bond donors (Lipinski definition) is 4. The SMILES string of the molecule is C=N/C(C(=O)NCCC)=C(/N)c1cccc(-c2c(C)n[nH]c2C)c1N. The Balaban J connectivity index is 2.56. The van der Waals surface area contributed by atoms with Crippen molar-refractivity contribution < 1.29 is 4.79 Å². The Bertz CT molecular complexity index is 815. The van der Waals surface area contributed by atoms with Crippen LogP contribution in [0.5, 0.6) is 0 Å². The van der Waals surface area contributed by atoms with Gasteiger partial charge in [0.1, 0.15) is 0 Å². The molecule has 132 valence electrons. The van der Waals surface area contributed by atoms with E-state index in [1.165, 1.54) is 0 Å². The lowest BCUT2D eigenvalue weighted by atomic mass is 9.97. The summed E-state index contributed by atoms with van der Waals surface area (Å²) in [4.78, 5) is 16.0. The van der Waals surface area contributed by atoms with E-state index in [0.717, 1.165) is 28.9 Å². The second-order valence-corrected chi connectivity index (χ2v) is 5.75. The maximum Gasteiger partial charge on any atom is 0.272 e. The third-order valence-electron chi connectivity index (χ3n) is 3.96. The standard InChI is InChI=1S/C18H24N6O/c1-5-9-22-18(25)17(21-4)16(20)13-8-6-7-12(15(13)19)14-10(2)23-24-11(14)3/h6-8H,4-5,9,19-20H2,1-3H3,(H,22,25)(H,23,24)/b17-16+. The zero-order chi connectivity index (χ0) is 18.6. The Kier molecular flexibility index (Phi) is 5.59. The van der Waals surface area contributed by atoms with E-state index in [0.29, 0.717) is 17.8 Å². The lowest BCUT2D eigenvalue weighted by molar-refractivity contribution is -0.117. The Morgan fingerprint density at radius 2 is 2.12 bits per heavy atom. The number of rotatable bonds is 6. The number of para-hydroxylation sites is 1. The number of carbonyl (C=O) groups is 1. The summed E-state index contributed by atoms with van der Waals surface area (Å²) in [5, 5.41) is 9.90. The number of aliphatic imine (C=N–C) groups is 1. The molecule has 0 aliphatic heterocycles. The van der Waals surface area contributed by atoms with Gasteiger partial charge in [0.2, 0.25) is 0 Å². The summed E-state index contributed by atoms with van der Waals surface area (Å²) in [5.74, 6) is -0.366. The molecule has 0 fully saturated rings. The topological polar surface area (TPSA) is 122 Å². The zero-order valence-corrected chi connectivity index (χ0v) is 14.8. The average molecular weight is 340 g/mol. The van der Waals surface area contributed by atoms with Gasteiger partial charge in [-0.15, -0.1) is 0 Å². The molecule has 0 unspecified atom stereocenters. The van der Waals surface area contributed by atoms with Crippen molar-refractivity contribution in [3.05, 3.63) is 40.8 Å². The number of nitrogens with two attached hydrogens (primary N) is 2. The molecule has 1 heterocycles. The van der Waals surface area contributed by atoms with Gasteiger partial charge in [0.25, 0.3) is 5.91 Å².